The minimum Gasteiger partial charge on any atom is -0.379 e. The lowest BCUT2D eigenvalue weighted by molar-refractivity contribution is -0.130. The van der Waals surface area contributed by atoms with Crippen molar-refractivity contribution in [2.24, 2.45) is 5.92 Å². The normalized spacial score (nSPS) is 18.0. The highest BCUT2D eigenvalue weighted by Crippen LogP contribution is 2.20. The molecule has 27 heavy (non-hydrogen) atoms. The smallest absolute Gasteiger partial charge is 0.227 e. The minimum atomic E-state index is 0.156. The lowest BCUT2D eigenvalue weighted by Crippen LogP contribution is -2.39. The number of carbonyl (C=O) groups excluding carboxylic acids is 1. The average molecular weight is 370 g/mol. The lowest BCUT2D eigenvalue weighted by Gasteiger charge is -2.25. The van der Waals surface area contributed by atoms with Crippen molar-refractivity contribution in [3.8, 4) is 5.69 Å². The van der Waals surface area contributed by atoms with Crippen LogP contribution in [-0.4, -0.2) is 72.4 Å². The molecule has 146 valence electrons. The van der Waals surface area contributed by atoms with Crippen molar-refractivity contribution in [3.63, 3.8) is 0 Å². The largest absolute Gasteiger partial charge is 0.379 e. The molecule has 1 aliphatic rings. The van der Waals surface area contributed by atoms with Crippen molar-refractivity contribution < 1.29 is 9.53 Å². The molecule has 6 heteroatoms. The van der Waals surface area contributed by atoms with E-state index in [0.717, 1.165) is 35.7 Å². The second-order valence-corrected chi connectivity index (χ2v) is 7.62. The number of hydrogen-bond donors (Lipinski definition) is 0. The second kappa shape index (κ2) is 8.67. The van der Waals surface area contributed by atoms with Gasteiger partial charge in [-0.1, -0.05) is 18.2 Å². The maximum Gasteiger partial charge on any atom is 0.227 e. The standard InChI is InChI=1S/C21H30N4O2/c1-16-20(17(2)25(22-16)19-8-6-5-7-9-19)12-21(26)24-10-11-27-15-18(14-24)13-23(3)4/h5-9,18H,10-15H2,1-4H3/t18-/m0/s1. The van der Waals surface area contributed by atoms with E-state index < -0.39 is 0 Å². The van der Waals surface area contributed by atoms with Crippen LogP contribution in [0.2, 0.25) is 0 Å². The molecule has 0 unspecified atom stereocenters. The first-order chi connectivity index (χ1) is 13.0. The van der Waals surface area contributed by atoms with Crippen LogP contribution in [0.4, 0.5) is 0 Å². The van der Waals surface area contributed by atoms with E-state index in [9.17, 15) is 4.79 Å². The summed E-state index contributed by atoms with van der Waals surface area (Å²) < 4.78 is 7.64. The zero-order chi connectivity index (χ0) is 19.4. The highest BCUT2D eigenvalue weighted by atomic mass is 16.5. The molecule has 0 radical (unpaired) electrons. The Labute approximate surface area is 161 Å². The zero-order valence-corrected chi connectivity index (χ0v) is 16.8. The molecule has 0 N–H and O–H groups in total. The monoisotopic (exact) mass is 370 g/mol. The third-order valence-electron chi connectivity index (χ3n) is 5.08. The topological polar surface area (TPSA) is 50.6 Å². The molecule has 1 atom stereocenters. The molecule has 2 heterocycles. The molecule has 6 nitrogen and oxygen atoms in total. The van der Waals surface area contributed by atoms with Gasteiger partial charge in [0.05, 0.1) is 31.0 Å². The molecule has 1 fully saturated rings. The number of amides is 1. The number of nitrogens with zero attached hydrogens (tertiary/aromatic N) is 4. The fraction of sp³-hybridized carbons (Fsp3) is 0.524. The molecule has 3 rings (SSSR count). The van der Waals surface area contributed by atoms with E-state index >= 15 is 0 Å². The molecule has 1 aromatic carbocycles. The van der Waals surface area contributed by atoms with Gasteiger partial charge in [0, 0.05) is 36.8 Å². The Kier molecular flexibility index (Phi) is 6.29. The summed E-state index contributed by atoms with van der Waals surface area (Å²) in [5.74, 6) is 0.503. The van der Waals surface area contributed by atoms with Gasteiger partial charge in [0.1, 0.15) is 0 Å². The van der Waals surface area contributed by atoms with Gasteiger partial charge in [-0.2, -0.15) is 5.10 Å². The summed E-state index contributed by atoms with van der Waals surface area (Å²) in [5, 5.41) is 4.67. The van der Waals surface area contributed by atoms with Gasteiger partial charge in [0.15, 0.2) is 0 Å². The Hall–Kier alpha value is -2.18. The Morgan fingerprint density at radius 3 is 2.70 bits per heavy atom. The third kappa shape index (κ3) is 4.76. The lowest BCUT2D eigenvalue weighted by atomic mass is 10.1. The number of carbonyl (C=O) groups is 1. The molecule has 1 saturated heterocycles. The number of benzene rings is 1. The Morgan fingerprint density at radius 2 is 2.00 bits per heavy atom. The van der Waals surface area contributed by atoms with Crippen molar-refractivity contribution in [2.45, 2.75) is 20.3 Å². The van der Waals surface area contributed by atoms with Crippen LogP contribution >= 0.6 is 0 Å². The molecule has 1 amide bonds. The van der Waals surface area contributed by atoms with Crippen LogP contribution < -0.4 is 0 Å². The molecule has 1 aromatic heterocycles. The predicted octanol–water partition coefficient (Wildman–Crippen LogP) is 2.07. The van der Waals surface area contributed by atoms with Crippen molar-refractivity contribution >= 4 is 5.91 Å². The van der Waals surface area contributed by atoms with Crippen LogP contribution in [0.25, 0.3) is 5.69 Å². The van der Waals surface area contributed by atoms with Gasteiger partial charge in [0.2, 0.25) is 5.91 Å². The number of aromatic nitrogens is 2. The predicted molar refractivity (Wildman–Crippen MR) is 106 cm³/mol. The maximum absolute atomic E-state index is 13.0. The van der Waals surface area contributed by atoms with Gasteiger partial charge >= 0.3 is 0 Å². The number of aryl methyl sites for hydroxylation is 1. The van der Waals surface area contributed by atoms with Gasteiger partial charge in [-0.25, -0.2) is 4.68 Å². The van der Waals surface area contributed by atoms with Crippen molar-refractivity contribution in [3.05, 3.63) is 47.3 Å². The van der Waals surface area contributed by atoms with E-state index in [2.05, 4.69) is 24.1 Å². The number of hydrogen-bond acceptors (Lipinski definition) is 4. The minimum absolute atomic E-state index is 0.156. The summed E-state index contributed by atoms with van der Waals surface area (Å²) in [6.45, 7) is 7.68. The van der Waals surface area contributed by atoms with Gasteiger partial charge in [0.25, 0.3) is 0 Å². The molecule has 2 aromatic rings. The molecule has 0 aliphatic carbocycles. The molecule has 0 bridgehead atoms. The van der Waals surface area contributed by atoms with E-state index in [1.54, 1.807) is 0 Å². The van der Waals surface area contributed by atoms with Gasteiger partial charge < -0.3 is 14.5 Å². The van der Waals surface area contributed by atoms with Crippen LogP contribution in [0.1, 0.15) is 17.0 Å². The van der Waals surface area contributed by atoms with Crippen LogP contribution in [-0.2, 0) is 16.0 Å². The number of ether oxygens (including phenoxy) is 1. The van der Waals surface area contributed by atoms with Crippen molar-refractivity contribution in [1.82, 2.24) is 19.6 Å². The Balaban J connectivity index is 1.74. The zero-order valence-electron chi connectivity index (χ0n) is 16.8. The molecule has 0 spiro atoms. The fourth-order valence-corrected chi connectivity index (χ4v) is 3.75. The Morgan fingerprint density at radius 1 is 1.26 bits per heavy atom. The van der Waals surface area contributed by atoms with E-state index in [-0.39, 0.29) is 5.91 Å². The van der Waals surface area contributed by atoms with Crippen LogP contribution in [0.3, 0.4) is 0 Å². The summed E-state index contributed by atoms with van der Waals surface area (Å²) in [7, 11) is 4.11. The van der Waals surface area contributed by atoms with E-state index in [4.69, 9.17) is 4.74 Å². The summed E-state index contributed by atoms with van der Waals surface area (Å²) in [5.41, 5.74) is 3.99. The molecular weight excluding hydrogens is 340 g/mol. The number of rotatable bonds is 5. The average Bonchev–Trinajstić information content (AvgIpc) is 2.81. The van der Waals surface area contributed by atoms with Crippen molar-refractivity contribution in [1.29, 1.82) is 0 Å². The van der Waals surface area contributed by atoms with Crippen LogP contribution in [0.15, 0.2) is 30.3 Å². The highest BCUT2D eigenvalue weighted by Gasteiger charge is 2.25. The summed E-state index contributed by atoms with van der Waals surface area (Å²) in [6, 6.07) is 10.1. The maximum atomic E-state index is 13.0. The van der Waals surface area contributed by atoms with Crippen LogP contribution in [0, 0.1) is 19.8 Å². The summed E-state index contributed by atoms with van der Waals surface area (Å²) >= 11 is 0. The quantitative estimate of drug-likeness (QED) is 0.809. The fourth-order valence-electron chi connectivity index (χ4n) is 3.75. The first-order valence-electron chi connectivity index (χ1n) is 9.56. The van der Waals surface area contributed by atoms with E-state index in [1.165, 1.54) is 0 Å². The first kappa shape index (κ1) is 19.6. The summed E-state index contributed by atoms with van der Waals surface area (Å²) in [6.07, 6.45) is 0.388. The third-order valence-corrected chi connectivity index (χ3v) is 5.08. The highest BCUT2D eigenvalue weighted by molar-refractivity contribution is 5.79. The molecule has 1 aliphatic heterocycles. The molecular formula is C21H30N4O2. The van der Waals surface area contributed by atoms with Gasteiger partial charge in [-0.05, 0) is 40.1 Å². The van der Waals surface area contributed by atoms with Gasteiger partial charge in [-0.15, -0.1) is 0 Å². The van der Waals surface area contributed by atoms with Gasteiger partial charge in [-0.3, -0.25) is 4.79 Å². The van der Waals surface area contributed by atoms with Crippen molar-refractivity contribution in [2.75, 3.05) is 46.9 Å². The van der Waals surface area contributed by atoms with Crippen LogP contribution in [0.5, 0.6) is 0 Å². The second-order valence-electron chi connectivity index (χ2n) is 7.62. The molecule has 0 saturated carbocycles. The first-order valence-corrected chi connectivity index (χ1v) is 9.56. The Bertz CT molecular complexity index is 770. The summed E-state index contributed by atoms with van der Waals surface area (Å²) in [4.78, 5) is 17.1. The van der Waals surface area contributed by atoms with E-state index in [0.29, 0.717) is 32.1 Å². The number of para-hydroxylation sites is 1. The van der Waals surface area contributed by atoms with E-state index in [1.807, 2.05) is 53.8 Å². The SMILES string of the molecule is Cc1nn(-c2ccccc2)c(C)c1CC(=O)N1CCOC[C@@H](CN(C)C)C1.